The van der Waals surface area contributed by atoms with Crippen molar-refractivity contribution in [1.29, 1.82) is 0 Å². The number of hydrogen-bond donors (Lipinski definition) is 2. The Labute approximate surface area is 171 Å². The van der Waals surface area contributed by atoms with Crippen molar-refractivity contribution in [2.45, 2.75) is 38.8 Å². The first-order valence-corrected chi connectivity index (χ1v) is 9.56. The number of nitrogens with zero attached hydrogens (tertiary/aromatic N) is 2. The number of nitro groups is 1. The molecule has 29 heavy (non-hydrogen) atoms. The maximum atomic E-state index is 12.6. The van der Waals surface area contributed by atoms with E-state index in [0.717, 1.165) is 16.9 Å². The van der Waals surface area contributed by atoms with E-state index in [-0.39, 0.29) is 11.4 Å². The molecule has 0 radical (unpaired) electrons. The lowest BCUT2D eigenvalue weighted by atomic mass is 10.1. The van der Waals surface area contributed by atoms with Crippen molar-refractivity contribution in [2.24, 2.45) is 5.10 Å². The molecule has 0 saturated heterocycles. The molecule has 1 heterocycles. The Morgan fingerprint density at radius 2 is 1.93 bits per heavy atom. The second kappa shape index (κ2) is 9.78. The van der Waals surface area contributed by atoms with Crippen molar-refractivity contribution in [3.05, 3.63) is 63.0 Å². The summed E-state index contributed by atoms with van der Waals surface area (Å²) in [7, 11) is 0. The van der Waals surface area contributed by atoms with Crippen LogP contribution in [0.15, 0.2) is 47.6 Å². The predicted octanol–water partition coefficient (Wildman–Crippen LogP) is 3.24. The molecule has 0 aliphatic rings. The number of nitrogens with one attached hydrogen (secondary N) is 2. The van der Waals surface area contributed by atoms with Gasteiger partial charge in [-0.1, -0.05) is 41.7 Å². The fourth-order valence-electron chi connectivity index (χ4n) is 2.26. The molecule has 1 atom stereocenters. The van der Waals surface area contributed by atoms with Gasteiger partial charge in [-0.05, 0) is 32.4 Å². The van der Waals surface area contributed by atoms with Crippen LogP contribution in [0.5, 0.6) is 0 Å². The van der Waals surface area contributed by atoms with Gasteiger partial charge in [0.25, 0.3) is 5.91 Å². The minimum absolute atomic E-state index is 0.0219. The number of carbonyl (C=O) groups excluding carboxylic acids is 2. The largest absolute Gasteiger partial charge is 0.444 e. The molecule has 10 heteroatoms. The number of hydrazone groups is 1. The first kappa shape index (κ1) is 22.0. The van der Waals surface area contributed by atoms with Crippen molar-refractivity contribution in [1.82, 2.24) is 10.7 Å². The summed E-state index contributed by atoms with van der Waals surface area (Å²) in [6, 6.07) is 11.2. The highest BCUT2D eigenvalue weighted by atomic mass is 32.1. The fourth-order valence-corrected chi connectivity index (χ4v) is 2.95. The van der Waals surface area contributed by atoms with Gasteiger partial charge in [0.05, 0.1) is 16.0 Å². The lowest BCUT2D eigenvalue weighted by Gasteiger charge is -2.23. The first-order valence-electron chi connectivity index (χ1n) is 8.74. The van der Waals surface area contributed by atoms with E-state index in [1.54, 1.807) is 20.8 Å². The zero-order valence-corrected chi connectivity index (χ0v) is 17.1. The van der Waals surface area contributed by atoms with Gasteiger partial charge in [-0.3, -0.25) is 14.9 Å². The topological polar surface area (TPSA) is 123 Å². The predicted molar refractivity (Wildman–Crippen MR) is 110 cm³/mol. The van der Waals surface area contributed by atoms with Crippen molar-refractivity contribution in [3.8, 4) is 0 Å². The van der Waals surface area contributed by atoms with Crippen LogP contribution in [0.1, 0.15) is 31.2 Å². The van der Waals surface area contributed by atoms with Gasteiger partial charge < -0.3 is 10.1 Å². The molecular formula is C19H22N4O5S. The lowest BCUT2D eigenvalue weighted by Crippen LogP contribution is -2.48. The molecule has 2 rings (SSSR count). The summed E-state index contributed by atoms with van der Waals surface area (Å²) < 4.78 is 5.22. The van der Waals surface area contributed by atoms with Gasteiger partial charge in [-0.25, -0.2) is 10.2 Å². The monoisotopic (exact) mass is 418 g/mol. The SMILES string of the molecule is CC(C)(C)OC(=O)N[C@@H](Cc1ccccc1)C(=O)N/N=C/c1ccc([N+](=O)[O-])s1. The van der Waals surface area contributed by atoms with Crippen LogP contribution in [0.2, 0.25) is 0 Å². The van der Waals surface area contributed by atoms with E-state index >= 15 is 0 Å². The van der Waals surface area contributed by atoms with Crippen LogP contribution in [0.3, 0.4) is 0 Å². The Morgan fingerprint density at radius 1 is 1.24 bits per heavy atom. The van der Waals surface area contributed by atoms with E-state index in [1.807, 2.05) is 30.3 Å². The number of amides is 2. The molecule has 0 bridgehead atoms. The zero-order valence-electron chi connectivity index (χ0n) is 16.2. The number of ether oxygens (including phenoxy) is 1. The summed E-state index contributed by atoms with van der Waals surface area (Å²) in [5.74, 6) is -0.540. The summed E-state index contributed by atoms with van der Waals surface area (Å²) in [4.78, 5) is 35.4. The Morgan fingerprint density at radius 3 is 2.52 bits per heavy atom. The van der Waals surface area contributed by atoms with Crippen LogP contribution >= 0.6 is 11.3 Å². The van der Waals surface area contributed by atoms with E-state index in [0.29, 0.717) is 4.88 Å². The summed E-state index contributed by atoms with van der Waals surface area (Å²) in [5.41, 5.74) is 2.50. The van der Waals surface area contributed by atoms with Crippen LogP contribution in [-0.4, -0.2) is 34.8 Å². The third-order valence-electron chi connectivity index (χ3n) is 3.45. The molecule has 1 aromatic carbocycles. The summed E-state index contributed by atoms with van der Waals surface area (Å²) >= 11 is 0.931. The van der Waals surface area contributed by atoms with Crippen molar-refractivity contribution < 1.29 is 19.2 Å². The number of rotatable bonds is 7. The highest BCUT2D eigenvalue weighted by Gasteiger charge is 2.24. The van der Waals surface area contributed by atoms with Crippen molar-refractivity contribution in [3.63, 3.8) is 0 Å². The Bertz CT molecular complexity index is 890. The van der Waals surface area contributed by atoms with E-state index in [4.69, 9.17) is 4.74 Å². The quantitative estimate of drug-likeness (QED) is 0.406. The zero-order chi connectivity index (χ0) is 21.4. The summed E-state index contributed by atoms with van der Waals surface area (Å²) in [6.07, 6.45) is 0.834. The normalized spacial score (nSPS) is 12.4. The highest BCUT2D eigenvalue weighted by molar-refractivity contribution is 7.16. The lowest BCUT2D eigenvalue weighted by molar-refractivity contribution is -0.380. The number of thiophene rings is 1. The molecule has 0 saturated carbocycles. The van der Waals surface area contributed by atoms with Gasteiger partial charge in [0.2, 0.25) is 0 Å². The van der Waals surface area contributed by atoms with Gasteiger partial charge in [0.15, 0.2) is 0 Å². The molecule has 0 aliphatic carbocycles. The molecule has 1 aromatic heterocycles. The summed E-state index contributed by atoms with van der Waals surface area (Å²) in [5, 5.41) is 17.1. The molecule has 2 aromatic rings. The van der Waals surface area contributed by atoms with Crippen LogP contribution in [0.4, 0.5) is 9.80 Å². The average Bonchev–Trinajstić information content (AvgIpc) is 3.09. The molecular weight excluding hydrogens is 396 g/mol. The van der Waals surface area contributed by atoms with Gasteiger partial charge in [0, 0.05) is 12.5 Å². The maximum absolute atomic E-state index is 12.6. The average molecular weight is 418 g/mol. The Hall–Kier alpha value is -3.27. The number of carbonyl (C=O) groups is 2. The molecule has 0 unspecified atom stereocenters. The van der Waals surface area contributed by atoms with Gasteiger partial charge in [0.1, 0.15) is 11.6 Å². The van der Waals surface area contributed by atoms with Crippen molar-refractivity contribution >= 4 is 34.6 Å². The van der Waals surface area contributed by atoms with E-state index < -0.39 is 28.6 Å². The van der Waals surface area contributed by atoms with E-state index in [1.165, 1.54) is 18.3 Å². The molecule has 9 nitrogen and oxygen atoms in total. The summed E-state index contributed by atoms with van der Waals surface area (Å²) in [6.45, 7) is 5.18. The molecule has 2 N–H and O–H groups in total. The van der Waals surface area contributed by atoms with Crippen LogP contribution in [-0.2, 0) is 16.0 Å². The standard InChI is InChI=1S/C19H22N4O5S/c1-19(2,3)28-18(25)21-15(11-13-7-5-4-6-8-13)17(24)22-20-12-14-9-10-16(29-14)23(26)27/h4-10,12,15H,11H2,1-3H3,(H,21,25)(H,22,24)/b20-12+/t15-/m0/s1. The van der Waals surface area contributed by atoms with Crippen LogP contribution < -0.4 is 10.7 Å². The van der Waals surface area contributed by atoms with Crippen LogP contribution in [0, 0.1) is 10.1 Å². The number of alkyl carbamates (subject to hydrolysis) is 1. The van der Waals surface area contributed by atoms with Gasteiger partial charge >= 0.3 is 11.1 Å². The third-order valence-corrected chi connectivity index (χ3v) is 4.42. The molecule has 2 amide bonds. The number of benzene rings is 1. The number of hydrogen-bond acceptors (Lipinski definition) is 7. The molecule has 154 valence electrons. The van der Waals surface area contributed by atoms with Gasteiger partial charge in [-0.2, -0.15) is 5.10 Å². The minimum Gasteiger partial charge on any atom is -0.444 e. The second-order valence-corrected chi connectivity index (χ2v) is 8.15. The smallest absolute Gasteiger partial charge is 0.408 e. The molecule has 0 spiro atoms. The highest BCUT2D eigenvalue weighted by Crippen LogP contribution is 2.22. The van der Waals surface area contributed by atoms with E-state index in [9.17, 15) is 19.7 Å². The van der Waals surface area contributed by atoms with Crippen molar-refractivity contribution in [2.75, 3.05) is 0 Å². The Balaban J connectivity index is 2.05. The second-order valence-electron chi connectivity index (χ2n) is 7.06. The fraction of sp³-hybridized carbons (Fsp3) is 0.316. The first-order chi connectivity index (χ1) is 13.6. The Kier molecular flexibility index (Phi) is 7.43. The maximum Gasteiger partial charge on any atom is 0.408 e. The van der Waals surface area contributed by atoms with Crippen LogP contribution in [0.25, 0.3) is 0 Å². The van der Waals surface area contributed by atoms with E-state index in [2.05, 4.69) is 15.8 Å². The minimum atomic E-state index is -0.915. The van der Waals surface area contributed by atoms with Gasteiger partial charge in [-0.15, -0.1) is 0 Å². The molecule has 0 aliphatic heterocycles. The molecule has 0 fully saturated rings. The third kappa shape index (κ3) is 7.70.